The first-order valence-corrected chi connectivity index (χ1v) is 9.98. The van der Waals surface area contributed by atoms with Crippen LogP contribution in [0, 0.1) is 0 Å². The third-order valence-electron chi connectivity index (χ3n) is 3.85. The summed E-state index contributed by atoms with van der Waals surface area (Å²) in [6.45, 7) is 2.53. The molecule has 0 saturated carbocycles. The van der Waals surface area contributed by atoms with Crippen LogP contribution in [0.25, 0.3) is 0 Å². The zero-order valence-electron chi connectivity index (χ0n) is 12.8. The Morgan fingerprint density at radius 1 is 1.26 bits per heavy atom. The van der Waals surface area contributed by atoms with Crippen molar-refractivity contribution in [2.24, 2.45) is 0 Å². The topological polar surface area (TPSA) is 66.5 Å². The van der Waals surface area contributed by atoms with Gasteiger partial charge in [0.25, 0.3) is 5.91 Å². The van der Waals surface area contributed by atoms with Gasteiger partial charge >= 0.3 is 0 Å². The smallest absolute Gasteiger partial charge is 0.266 e. The van der Waals surface area contributed by atoms with Gasteiger partial charge in [-0.05, 0) is 54.1 Å². The quantitative estimate of drug-likeness (QED) is 0.921. The molecule has 2 heterocycles. The minimum absolute atomic E-state index is 0.126. The minimum atomic E-state index is -3.17. The maximum atomic E-state index is 12.3. The van der Waals surface area contributed by atoms with E-state index in [2.05, 4.69) is 5.32 Å². The average molecular weight is 350 g/mol. The fourth-order valence-corrected chi connectivity index (χ4v) is 5.10. The van der Waals surface area contributed by atoms with Crippen molar-refractivity contribution in [1.82, 2.24) is 0 Å². The summed E-state index contributed by atoms with van der Waals surface area (Å²) in [5, 5.41) is 4.77. The van der Waals surface area contributed by atoms with Gasteiger partial charge in [0.1, 0.15) is 0 Å². The van der Waals surface area contributed by atoms with Crippen molar-refractivity contribution in [3.8, 4) is 0 Å². The molecule has 0 bridgehead atoms. The number of anilines is 2. The van der Waals surface area contributed by atoms with E-state index in [9.17, 15) is 13.2 Å². The van der Waals surface area contributed by atoms with Gasteiger partial charge in [-0.1, -0.05) is 6.92 Å². The first kappa shape index (κ1) is 16.0. The Balaban J connectivity index is 1.74. The molecular formula is C16H18N2O3S2. The third-order valence-corrected chi connectivity index (χ3v) is 6.67. The number of hydrogen-bond acceptors (Lipinski definition) is 4. The molecule has 1 fully saturated rings. The second-order valence-electron chi connectivity index (χ2n) is 5.37. The lowest BCUT2D eigenvalue weighted by Gasteiger charge is -2.17. The second-order valence-corrected chi connectivity index (χ2v) is 8.30. The SMILES string of the molecule is CCc1ccsc1C(=O)Nc1ccc(N2CCCS2(=O)=O)cc1. The average Bonchev–Trinajstić information content (AvgIpc) is 3.13. The molecule has 0 aliphatic carbocycles. The van der Waals surface area contributed by atoms with Gasteiger partial charge in [-0.25, -0.2) is 8.42 Å². The van der Waals surface area contributed by atoms with Crippen LogP contribution in [0.3, 0.4) is 0 Å². The molecule has 1 amide bonds. The third kappa shape index (κ3) is 3.25. The first-order valence-electron chi connectivity index (χ1n) is 7.49. The van der Waals surface area contributed by atoms with Gasteiger partial charge in [0.05, 0.1) is 16.3 Å². The fourth-order valence-electron chi connectivity index (χ4n) is 2.64. The highest BCUT2D eigenvalue weighted by atomic mass is 32.2. The summed E-state index contributed by atoms with van der Waals surface area (Å²) in [6.07, 6.45) is 1.47. The predicted molar refractivity (Wildman–Crippen MR) is 93.8 cm³/mol. The van der Waals surface area contributed by atoms with E-state index >= 15 is 0 Å². The van der Waals surface area contributed by atoms with Gasteiger partial charge in [-0.3, -0.25) is 9.10 Å². The van der Waals surface area contributed by atoms with Crippen molar-refractivity contribution in [2.45, 2.75) is 19.8 Å². The van der Waals surface area contributed by atoms with Crippen LogP contribution < -0.4 is 9.62 Å². The Labute approximate surface area is 140 Å². The molecule has 7 heteroatoms. The summed E-state index contributed by atoms with van der Waals surface area (Å²) >= 11 is 1.43. The van der Waals surface area contributed by atoms with Crippen LogP contribution in [0.2, 0.25) is 0 Å². The number of carbonyl (C=O) groups is 1. The molecule has 0 unspecified atom stereocenters. The second kappa shape index (κ2) is 6.33. The number of benzene rings is 1. The van der Waals surface area contributed by atoms with Crippen molar-refractivity contribution >= 4 is 38.6 Å². The van der Waals surface area contributed by atoms with Gasteiger partial charge < -0.3 is 5.32 Å². The fraction of sp³-hybridized carbons (Fsp3) is 0.312. The number of rotatable bonds is 4. The van der Waals surface area contributed by atoms with E-state index in [0.29, 0.717) is 24.3 Å². The zero-order valence-corrected chi connectivity index (χ0v) is 14.4. The molecule has 1 aliphatic heterocycles. The van der Waals surface area contributed by atoms with E-state index < -0.39 is 10.0 Å². The monoisotopic (exact) mass is 350 g/mol. The lowest BCUT2D eigenvalue weighted by Crippen LogP contribution is -2.24. The predicted octanol–water partition coefficient (Wildman–Crippen LogP) is 3.10. The standard InChI is InChI=1S/C16H18N2O3S2/c1-2-12-8-10-22-15(12)16(19)17-13-4-6-14(7-5-13)18-9-3-11-23(18,20)21/h4-8,10H,2-3,9,11H2,1H3,(H,17,19). The molecule has 23 heavy (non-hydrogen) atoms. The summed E-state index contributed by atoms with van der Waals surface area (Å²) in [6, 6.07) is 8.89. The molecule has 1 aromatic carbocycles. The Kier molecular flexibility index (Phi) is 4.41. The summed E-state index contributed by atoms with van der Waals surface area (Å²) in [5.41, 5.74) is 2.34. The Bertz CT molecular complexity index is 810. The van der Waals surface area contributed by atoms with E-state index in [1.54, 1.807) is 24.3 Å². The molecule has 122 valence electrons. The van der Waals surface area contributed by atoms with Crippen molar-refractivity contribution < 1.29 is 13.2 Å². The molecule has 1 N–H and O–H groups in total. The lowest BCUT2D eigenvalue weighted by molar-refractivity contribution is 0.103. The molecule has 3 rings (SSSR count). The van der Waals surface area contributed by atoms with Gasteiger partial charge in [-0.15, -0.1) is 11.3 Å². The molecule has 2 aromatic rings. The number of sulfonamides is 1. The summed E-state index contributed by atoms with van der Waals surface area (Å²) in [7, 11) is -3.17. The van der Waals surface area contributed by atoms with E-state index in [0.717, 1.165) is 16.9 Å². The van der Waals surface area contributed by atoms with E-state index in [1.807, 2.05) is 18.4 Å². The molecule has 1 aromatic heterocycles. The molecular weight excluding hydrogens is 332 g/mol. The molecule has 0 radical (unpaired) electrons. The number of amides is 1. The molecule has 0 spiro atoms. The number of aryl methyl sites for hydroxylation is 1. The van der Waals surface area contributed by atoms with Crippen molar-refractivity contribution in [3.05, 3.63) is 46.2 Å². The van der Waals surface area contributed by atoms with Crippen LogP contribution in [0.5, 0.6) is 0 Å². The Morgan fingerprint density at radius 3 is 2.61 bits per heavy atom. The highest BCUT2D eigenvalue weighted by molar-refractivity contribution is 7.93. The van der Waals surface area contributed by atoms with Crippen LogP contribution >= 0.6 is 11.3 Å². The first-order chi connectivity index (χ1) is 11.0. The van der Waals surface area contributed by atoms with Crippen LogP contribution in [-0.4, -0.2) is 26.6 Å². The normalized spacial score (nSPS) is 16.5. The number of thiophene rings is 1. The number of carbonyl (C=O) groups excluding carboxylic acids is 1. The van der Waals surface area contributed by atoms with E-state index in [4.69, 9.17) is 0 Å². The number of nitrogens with one attached hydrogen (secondary N) is 1. The highest BCUT2D eigenvalue weighted by Gasteiger charge is 2.28. The van der Waals surface area contributed by atoms with Gasteiger partial charge in [0, 0.05) is 12.2 Å². The van der Waals surface area contributed by atoms with Crippen molar-refractivity contribution in [3.63, 3.8) is 0 Å². The van der Waals surface area contributed by atoms with Gasteiger partial charge in [-0.2, -0.15) is 0 Å². The van der Waals surface area contributed by atoms with Crippen molar-refractivity contribution in [2.75, 3.05) is 21.9 Å². The molecule has 1 saturated heterocycles. The minimum Gasteiger partial charge on any atom is -0.321 e. The van der Waals surface area contributed by atoms with Gasteiger partial charge in [0.15, 0.2) is 0 Å². The molecule has 5 nitrogen and oxygen atoms in total. The van der Waals surface area contributed by atoms with Gasteiger partial charge in [0.2, 0.25) is 10.0 Å². The summed E-state index contributed by atoms with van der Waals surface area (Å²) in [4.78, 5) is 13.0. The zero-order chi connectivity index (χ0) is 16.4. The van der Waals surface area contributed by atoms with Crippen LogP contribution in [0.1, 0.15) is 28.6 Å². The Morgan fingerprint density at radius 2 is 2.00 bits per heavy atom. The number of hydrogen-bond donors (Lipinski definition) is 1. The van der Waals surface area contributed by atoms with Crippen LogP contribution in [0.4, 0.5) is 11.4 Å². The summed E-state index contributed by atoms with van der Waals surface area (Å²) < 4.78 is 25.2. The molecule has 1 aliphatic rings. The van der Waals surface area contributed by atoms with E-state index in [-0.39, 0.29) is 11.7 Å². The largest absolute Gasteiger partial charge is 0.321 e. The Hall–Kier alpha value is -1.86. The van der Waals surface area contributed by atoms with E-state index in [1.165, 1.54) is 15.6 Å². The van der Waals surface area contributed by atoms with Crippen LogP contribution in [-0.2, 0) is 16.4 Å². The maximum absolute atomic E-state index is 12.3. The number of nitrogens with zero attached hydrogens (tertiary/aromatic N) is 1. The van der Waals surface area contributed by atoms with Crippen LogP contribution in [0.15, 0.2) is 35.7 Å². The maximum Gasteiger partial charge on any atom is 0.266 e. The van der Waals surface area contributed by atoms with Crippen molar-refractivity contribution in [1.29, 1.82) is 0 Å². The highest BCUT2D eigenvalue weighted by Crippen LogP contribution is 2.26. The summed E-state index contributed by atoms with van der Waals surface area (Å²) in [5.74, 6) is 0.0716. The molecule has 0 atom stereocenters. The lowest BCUT2D eigenvalue weighted by atomic mass is 10.2.